The van der Waals surface area contributed by atoms with Crippen molar-refractivity contribution < 1.29 is 4.79 Å². The summed E-state index contributed by atoms with van der Waals surface area (Å²) in [5.74, 6) is 0.0299. The number of hydrogen-bond donors (Lipinski definition) is 1. The first-order valence-electron chi connectivity index (χ1n) is 6.91. The summed E-state index contributed by atoms with van der Waals surface area (Å²) >= 11 is 1.64. The predicted molar refractivity (Wildman–Crippen MR) is 84.5 cm³/mol. The zero-order valence-corrected chi connectivity index (χ0v) is 12.4. The van der Waals surface area contributed by atoms with Gasteiger partial charge in [-0.05, 0) is 49.4 Å². The molecule has 0 spiro atoms. The molecule has 0 fully saturated rings. The molecule has 1 aliphatic rings. The summed E-state index contributed by atoms with van der Waals surface area (Å²) in [6.45, 7) is 0. The lowest BCUT2D eigenvalue weighted by molar-refractivity contribution is 0.0997. The molecule has 0 atom stereocenters. The first kappa shape index (κ1) is 13.2. The van der Waals surface area contributed by atoms with E-state index in [-0.39, 0.29) is 5.91 Å². The van der Waals surface area contributed by atoms with Crippen molar-refractivity contribution in [1.29, 1.82) is 0 Å². The Balaban J connectivity index is 1.89. The van der Waals surface area contributed by atoms with E-state index in [1.165, 1.54) is 23.3 Å². The minimum absolute atomic E-state index is 0.0299. The van der Waals surface area contributed by atoms with Crippen LogP contribution in [0.2, 0.25) is 0 Å². The van der Waals surface area contributed by atoms with Gasteiger partial charge in [0.25, 0.3) is 5.91 Å². The predicted octanol–water partition coefficient (Wildman–Crippen LogP) is 3.49. The molecule has 104 valence electrons. The molecular formula is C16H18N2OS. The van der Waals surface area contributed by atoms with Crippen LogP contribution in [0.1, 0.15) is 33.0 Å². The van der Waals surface area contributed by atoms with E-state index in [0.717, 1.165) is 23.4 Å². The Morgan fingerprint density at radius 1 is 1.25 bits per heavy atom. The van der Waals surface area contributed by atoms with Crippen LogP contribution in [0.5, 0.6) is 0 Å². The molecule has 0 radical (unpaired) electrons. The first-order chi connectivity index (χ1) is 9.66. The molecule has 0 bridgehead atoms. The largest absolute Gasteiger partial charge is 0.397 e. The van der Waals surface area contributed by atoms with Gasteiger partial charge < -0.3 is 10.6 Å². The number of amides is 1. The number of thiophene rings is 1. The Morgan fingerprint density at radius 3 is 2.75 bits per heavy atom. The van der Waals surface area contributed by atoms with Crippen molar-refractivity contribution in [3.8, 4) is 0 Å². The molecular weight excluding hydrogens is 268 g/mol. The van der Waals surface area contributed by atoms with Crippen LogP contribution in [0.3, 0.4) is 0 Å². The van der Waals surface area contributed by atoms with Crippen LogP contribution in [0.25, 0.3) is 0 Å². The summed E-state index contributed by atoms with van der Waals surface area (Å²) < 4.78 is 0. The van der Waals surface area contributed by atoms with Crippen LogP contribution in [0.4, 0.5) is 11.4 Å². The molecule has 1 aromatic carbocycles. The summed E-state index contributed by atoms with van der Waals surface area (Å²) in [7, 11) is 1.78. The maximum absolute atomic E-state index is 12.6. The molecule has 2 N–H and O–H groups in total. The molecule has 0 saturated carbocycles. The van der Waals surface area contributed by atoms with Crippen molar-refractivity contribution in [2.24, 2.45) is 0 Å². The zero-order chi connectivity index (χ0) is 14.1. The second-order valence-electron chi connectivity index (χ2n) is 5.19. The Hall–Kier alpha value is -1.81. The van der Waals surface area contributed by atoms with E-state index in [2.05, 4.69) is 6.07 Å². The van der Waals surface area contributed by atoms with Crippen molar-refractivity contribution in [2.75, 3.05) is 17.7 Å². The third kappa shape index (κ3) is 2.31. The number of carbonyl (C=O) groups excluding carboxylic acids is 1. The maximum Gasteiger partial charge on any atom is 0.268 e. The van der Waals surface area contributed by atoms with Gasteiger partial charge in [0.05, 0.1) is 16.3 Å². The Bertz CT molecular complexity index is 624. The normalized spacial score (nSPS) is 13.8. The molecule has 20 heavy (non-hydrogen) atoms. The molecule has 4 heteroatoms. The van der Waals surface area contributed by atoms with Gasteiger partial charge in [-0.15, -0.1) is 11.3 Å². The Labute approximate surface area is 123 Å². The number of nitrogens with zero attached hydrogens (tertiary/aromatic N) is 1. The summed E-state index contributed by atoms with van der Waals surface area (Å²) in [5.41, 5.74) is 8.70. The zero-order valence-electron chi connectivity index (χ0n) is 11.6. The van der Waals surface area contributed by atoms with Crippen LogP contribution in [0.15, 0.2) is 30.3 Å². The van der Waals surface area contributed by atoms with Gasteiger partial charge >= 0.3 is 0 Å². The van der Waals surface area contributed by atoms with Crippen molar-refractivity contribution in [3.05, 3.63) is 45.6 Å². The van der Waals surface area contributed by atoms with Gasteiger partial charge in [0.1, 0.15) is 0 Å². The van der Waals surface area contributed by atoms with E-state index in [0.29, 0.717) is 5.69 Å². The topological polar surface area (TPSA) is 46.3 Å². The second kappa shape index (κ2) is 5.29. The maximum atomic E-state index is 12.6. The van der Waals surface area contributed by atoms with Gasteiger partial charge in [0, 0.05) is 11.9 Å². The first-order valence-corrected chi connectivity index (χ1v) is 7.72. The second-order valence-corrected chi connectivity index (χ2v) is 6.33. The van der Waals surface area contributed by atoms with E-state index in [9.17, 15) is 4.79 Å². The van der Waals surface area contributed by atoms with Crippen LogP contribution < -0.4 is 10.6 Å². The van der Waals surface area contributed by atoms with Crippen molar-refractivity contribution in [3.63, 3.8) is 0 Å². The van der Waals surface area contributed by atoms with E-state index in [1.54, 1.807) is 23.3 Å². The number of anilines is 2. The SMILES string of the molecule is CN(C(=O)c1cc2c(s1)CCCC2)c1ccccc1N. The van der Waals surface area contributed by atoms with E-state index in [4.69, 9.17) is 5.73 Å². The number of aryl methyl sites for hydroxylation is 2. The van der Waals surface area contributed by atoms with Crippen molar-refractivity contribution in [1.82, 2.24) is 0 Å². The summed E-state index contributed by atoms with van der Waals surface area (Å²) in [4.78, 5) is 16.4. The highest BCUT2D eigenvalue weighted by Crippen LogP contribution is 2.31. The van der Waals surface area contributed by atoms with Gasteiger partial charge in [-0.1, -0.05) is 12.1 Å². The lowest BCUT2D eigenvalue weighted by Crippen LogP contribution is -2.26. The van der Waals surface area contributed by atoms with Crippen molar-refractivity contribution in [2.45, 2.75) is 25.7 Å². The van der Waals surface area contributed by atoms with Gasteiger partial charge in [0.2, 0.25) is 0 Å². The highest BCUT2D eigenvalue weighted by atomic mass is 32.1. The molecule has 3 rings (SSSR count). The Kier molecular flexibility index (Phi) is 3.49. The fourth-order valence-electron chi connectivity index (χ4n) is 2.66. The average molecular weight is 286 g/mol. The fraction of sp³-hybridized carbons (Fsp3) is 0.312. The van der Waals surface area contributed by atoms with Crippen LogP contribution in [0, 0.1) is 0 Å². The molecule has 0 aliphatic heterocycles. The summed E-state index contributed by atoms with van der Waals surface area (Å²) in [6.07, 6.45) is 4.70. The number of hydrogen-bond acceptors (Lipinski definition) is 3. The molecule has 1 aromatic heterocycles. The summed E-state index contributed by atoms with van der Waals surface area (Å²) in [5, 5.41) is 0. The van der Waals surface area contributed by atoms with Crippen LogP contribution in [-0.4, -0.2) is 13.0 Å². The van der Waals surface area contributed by atoms with E-state index in [1.807, 2.05) is 24.3 Å². The molecule has 0 saturated heterocycles. The van der Waals surface area contributed by atoms with E-state index >= 15 is 0 Å². The molecule has 3 nitrogen and oxygen atoms in total. The number of nitrogen functional groups attached to an aromatic ring is 1. The molecule has 1 amide bonds. The smallest absolute Gasteiger partial charge is 0.268 e. The lowest BCUT2D eigenvalue weighted by atomic mass is 9.99. The highest BCUT2D eigenvalue weighted by Gasteiger charge is 2.21. The van der Waals surface area contributed by atoms with E-state index < -0.39 is 0 Å². The quantitative estimate of drug-likeness (QED) is 0.859. The Morgan fingerprint density at radius 2 is 2.00 bits per heavy atom. The minimum Gasteiger partial charge on any atom is -0.397 e. The number of carbonyl (C=O) groups is 1. The number of nitrogens with two attached hydrogens (primary N) is 1. The number of benzene rings is 1. The van der Waals surface area contributed by atoms with Gasteiger partial charge in [-0.3, -0.25) is 4.79 Å². The fourth-order valence-corrected chi connectivity index (χ4v) is 3.89. The average Bonchev–Trinajstić information content (AvgIpc) is 2.90. The molecule has 1 heterocycles. The third-order valence-corrected chi connectivity index (χ3v) is 5.04. The lowest BCUT2D eigenvalue weighted by Gasteiger charge is -2.18. The number of rotatable bonds is 2. The molecule has 1 aliphatic carbocycles. The van der Waals surface area contributed by atoms with Crippen LogP contribution >= 0.6 is 11.3 Å². The molecule has 2 aromatic rings. The third-order valence-electron chi connectivity index (χ3n) is 3.81. The van der Waals surface area contributed by atoms with Crippen LogP contribution in [-0.2, 0) is 12.8 Å². The number of fused-ring (bicyclic) bond motifs is 1. The van der Waals surface area contributed by atoms with Crippen molar-refractivity contribution >= 4 is 28.6 Å². The minimum atomic E-state index is 0.0299. The summed E-state index contributed by atoms with van der Waals surface area (Å²) in [6, 6.07) is 9.53. The molecule has 0 unspecified atom stereocenters. The van der Waals surface area contributed by atoms with Gasteiger partial charge in [0.15, 0.2) is 0 Å². The number of para-hydroxylation sites is 2. The van der Waals surface area contributed by atoms with Gasteiger partial charge in [-0.25, -0.2) is 0 Å². The van der Waals surface area contributed by atoms with Gasteiger partial charge in [-0.2, -0.15) is 0 Å². The monoisotopic (exact) mass is 286 g/mol. The standard InChI is InChI=1S/C16H18N2OS/c1-18(13-8-4-3-7-12(13)17)16(19)15-10-11-6-2-5-9-14(11)20-15/h3-4,7-8,10H,2,5-6,9,17H2,1H3. The highest BCUT2D eigenvalue weighted by molar-refractivity contribution is 7.14.